The maximum atomic E-state index is 10.3. The normalized spacial score (nSPS) is 47.7. The van der Waals surface area contributed by atoms with E-state index in [0.717, 1.165) is 42.4 Å². The smallest absolute Gasteiger partial charge is 0.0543 e. The molecule has 0 unspecified atom stereocenters. The van der Waals surface area contributed by atoms with Gasteiger partial charge in [0.15, 0.2) is 0 Å². The summed E-state index contributed by atoms with van der Waals surface area (Å²) in [5.74, 6) is 4.87. The van der Waals surface area contributed by atoms with E-state index in [1.807, 2.05) is 0 Å². The summed E-state index contributed by atoms with van der Waals surface area (Å²) in [7, 11) is 0. The van der Waals surface area contributed by atoms with E-state index >= 15 is 0 Å². The zero-order chi connectivity index (χ0) is 21.0. The Morgan fingerprint density at radius 2 is 1.76 bits per heavy atom. The second kappa shape index (κ2) is 7.85. The summed E-state index contributed by atoms with van der Waals surface area (Å²) in [6.45, 7) is 14.6. The predicted molar refractivity (Wildman–Crippen MR) is 124 cm³/mol. The number of allylic oxidation sites excluding steroid dienone is 4. The molecule has 0 aliphatic heterocycles. The first kappa shape index (κ1) is 21.7. The van der Waals surface area contributed by atoms with Gasteiger partial charge < -0.3 is 5.11 Å². The second-order valence-corrected chi connectivity index (χ2v) is 12.2. The summed E-state index contributed by atoms with van der Waals surface area (Å²) in [6, 6.07) is 0. The Morgan fingerprint density at radius 3 is 2.48 bits per heavy atom. The van der Waals surface area contributed by atoms with Crippen LogP contribution in [-0.2, 0) is 0 Å². The molecule has 0 heterocycles. The van der Waals surface area contributed by atoms with Crippen molar-refractivity contribution in [3.63, 3.8) is 0 Å². The van der Waals surface area contributed by atoms with E-state index in [2.05, 4.69) is 53.7 Å². The quantitative estimate of drug-likeness (QED) is 0.520. The van der Waals surface area contributed by atoms with Gasteiger partial charge in [-0.15, -0.1) is 0 Å². The number of aliphatic hydroxyl groups excluding tert-OH is 1. The van der Waals surface area contributed by atoms with Gasteiger partial charge in [0.25, 0.3) is 0 Å². The van der Waals surface area contributed by atoms with Gasteiger partial charge in [-0.05, 0) is 111 Å². The highest BCUT2D eigenvalue weighted by Gasteiger charge is 2.59. The molecule has 4 saturated carbocycles. The summed E-state index contributed by atoms with van der Waals surface area (Å²) < 4.78 is 0. The van der Waals surface area contributed by atoms with Gasteiger partial charge in [-0.2, -0.15) is 0 Å². The van der Waals surface area contributed by atoms with Gasteiger partial charge in [0.1, 0.15) is 0 Å². The molecule has 0 radical (unpaired) electrons. The van der Waals surface area contributed by atoms with Crippen LogP contribution in [-0.4, -0.2) is 11.2 Å². The largest absolute Gasteiger partial charge is 0.393 e. The minimum absolute atomic E-state index is 0.0258. The molecular weight excluding hydrogens is 352 g/mol. The highest BCUT2D eigenvalue weighted by molar-refractivity contribution is 5.34. The first-order valence-corrected chi connectivity index (χ1v) is 12.7. The van der Waals surface area contributed by atoms with Crippen molar-refractivity contribution in [1.29, 1.82) is 0 Å². The van der Waals surface area contributed by atoms with Gasteiger partial charge in [0.05, 0.1) is 6.10 Å². The molecular formula is C28H46O. The summed E-state index contributed by atoms with van der Waals surface area (Å²) >= 11 is 0. The van der Waals surface area contributed by atoms with Crippen LogP contribution in [0.5, 0.6) is 0 Å². The van der Waals surface area contributed by atoms with Crippen molar-refractivity contribution in [3.8, 4) is 0 Å². The first-order chi connectivity index (χ1) is 13.7. The zero-order valence-corrected chi connectivity index (χ0v) is 20.0. The molecule has 0 aromatic rings. The van der Waals surface area contributed by atoms with Crippen LogP contribution in [0.15, 0.2) is 23.3 Å². The highest BCUT2D eigenvalue weighted by atomic mass is 16.3. The van der Waals surface area contributed by atoms with Crippen LogP contribution in [0.3, 0.4) is 0 Å². The fraction of sp³-hybridized carbons (Fsp3) is 0.857. The molecule has 8 atom stereocenters. The van der Waals surface area contributed by atoms with E-state index in [9.17, 15) is 5.11 Å². The van der Waals surface area contributed by atoms with E-state index in [0.29, 0.717) is 16.7 Å². The molecule has 0 aromatic carbocycles. The molecule has 29 heavy (non-hydrogen) atoms. The maximum Gasteiger partial charge on any atom is 0.0543 e. The van der Waals surface area contributed by atoms with E-state index in [4.69, 9.17) is 0 Å². The molecule has 1 heteroatoms. The van der Waals surface area contributed by atoms with Crippen molar-refractivity contribution in [3.05, 3.63) is 23.3 Å². The fourth-order valence-electron chi connectivity index (χ4n) is 8.31. The molecule has 1 N–H and O–H groups in total. The van der Waals surface area contributed by atoms with Gasteiger partial charge in [-0.3, -0.25) is 0 Å². The molecule has 0 spiro atoms. The molecule has 4 aliphatic carbocycles. The topological polar surface area (TPSA) is 20.2 Å². The van der Waals surface area contributed by atoms with E-state index in [1.54, 1.807) is 11.1 Å². The SMILES string of the molecule is CC(/C=C/[C@H](C)C(C)C)=C1/CC[C@@H]2[C@@H]3CC[C@@H]4C[C@@H](O)CC[C@]4(C)[C@H]3CC[C@]12C. The fourth-order valence-corrected chi connectivity index (χ4v) is 8.31. The summed E-state index contributed by atoms with van der Waals surface area (Å²) in [5.41, 5.74) is 4.30. The standard InChI is InChI=1S/C28H46O/c1-18(2)19(3)7-8-20(4)24-11-12-25-23-10-9-21-17-22(29)13-15-27(21,5)26(23)14-16-28(24,25)6/h7-8,18-19,21-23,25-26,29H,9-17H2,1-6H3/b8-7+,24-20+/t19-,21+,22-,23-,25+,26-,27-,28+/m0/s1. The average Bonchev–Trinajstić information content (AvgIpc) is 3.03. The lowest BCUT2D eigenvalue weighted by Gasteiger charge is -2.60. The third-order valence-electron chi connectivity index (χ3n) is 10.6. The van der Waals surface area contributed by atoms with Crippen LogP contribution in [0.25, 0.3) is 0 Å². The molecule has 4 fully saturated rings. The molecule has 0 aromatic heterocycles. The molecule has 0 saturated heterocycles. The third kappa shape index (κ3) is 3.58. The van der Waals surface area contributed by atoms with Crippen molar-refractivity contribution >= 4 is 0 Å². The summed E-state index contributed by atoms with van der Waals surface area (Å²) in [4.78, 5) is 0. The Labute approximate surface area is 180 Å². The molecule has 1 nitrogen and oxygen atoms in total. The van der Waals surface area contributed by atoms with Crippen molar-refractivity contribution < 1.29 is 5.11 Å². The van der Waals surface area contributed by atoms with E-state index in [-0.39, 0.29) is 6.10 Å². The van der Waals surface area contributed by atoms with E-state index < -0.39 is 0 Å². The minimum atomic E-state index is -0.0258. The molecule has 4 aliphatic rings. The van der Waals surface area contributed by atoms with Crippen molar-refractivity contribution in [2.24, 2.45) is 46.3 Å². The van der Waals surface area contributed by atoms with Gasteiger partial charge in [-0.25, -0.2) is 0 Å². The van der Waals surface area contributed by atoms with Crippen LogP contribution in [0.2, 0.25) is 0 Å². The Kier molecular flexibility index (Phi) is 5.86. The van der Waals surface area contributed by atoms with Crippen LogP contribution in [0, 0.1) is 46.3 Å². The number of rotatable bonds is 3. The predicted octanol–water partition coefficient (Wildman–Crippen LogP) is 7.55. The first-order valence-electron chi connectivity index (χ1n) is 12.7. The molecule has 0 bridgehead atoms. The number of hydrogen-bond acceptors (Lipinski definition) is 1. The van der Waals surface area contributed by atoms with Crippen LogP contribution in [0.1, 0.15) is 99.3 Å². The lowest BCUT2D eigenvalue weighted by molar-refractivity contribution is -0.116. The van der Waals surface area contributed by atoms with Gasteiger partial charge in [-0.1, -0.05) is 57.9 Å². The lowest BCUT2D eigenvalue weighted by atomic mass is 9.45. The van der Waals surface area contributed by atoms with Gasteiger partial charge >= 0.3 is 0 Å². The van der Waals surface area contributed by atoms with Crippen molar-refractivity contribution in [2.45, 2.75) is 105 Å². The molecule has 164 valence electrons. The lowest BCUT2D eigenvalue weighted by Crippen LogP contribution is -2.53. The van der Waals surface area contributed by atoms with Crippen LogP contribution in [0.4, 0.5) is 0 Å². The van der Waals surface area contributed by atoms with E-state index in [1.165, 1.54) is 44.9 Å². The number of aliphatic hydroxyl groups is 1. The van der Waals surface area contributed by atoms with Crippen LogP contribution >= 0.6 is 0 Å². The summed E-state index contributed by atoms with van der Waals surface area (Å²) in [6.07, 6.45) is 16.6. The molecule has 0 amide bonds. The van der Waals surface area contributed by atoms with Gasteiger partial charge in [0, 0.05) is 0 Å². The Balaban J connectivity index is 1.57. The highest BCUT2D eigenvalue weighted by Crippen LogP contribution is 2.67. The summed E-state index contributed by atoms with van der Waals surface area (Å²) in [5, 5.41) is 10.3. The van der Waals surface area contributed by atoms with Crippen molar-refractivity contribution in [1.82, 2.24) is 0 Å². The minimum Gasteiger partial charge on any atom is -0.393 e. The zero-order valence-electron chi connectivity index (χ0n) is 20.0. The monoisotopic (exact) mass is 398 g/mol. The third-order valence-corrected chi connectivity index (χ3v) is 10.6. The van der Waals surface area contributed by atoms with Crippen molar-refractivity contribution in [2.75, 3.05) is 0 Å². The number of fused-ring (bicyclic) bond motifs is 5. The average molecular weight is 399 g/mol. The number of hydrogen-bond donors (Lipinski definition) is 1. The molecule has 4 rings (SSSR count). The Bertz CT molecular complexity index is 672. The van der Waals surface area contributed by atoms with Crippen LogP contribution < -0.4 is 0 Å². The Morgan fingerprint density at radius 1 is 1.00 bits per heavy atom. The van der Waals surface area contributed by atoms with Gasteiger partial charge in [0.2, 0.25) is 0 Å². The second-order valence-electron chi connectivity index (χ2n) is 12.2. The maximum absolute atomic E-state index is 10.3. The Hall–Kier alpha value is -0.560.